The summed E-state index contributed by atoms with van der Waals surface area (Å²) in [4.78, 5) is 13.5. The summed E-state index contributed by atoms with van der Waals surface area (Å²) in [5.41, 5.74) is 1.82. The molecule has 1 heterocycles. The second kappa shape index (κ2) is 6.10. The minimum absolute atomic E-state index is 0.250. The van der Waals surface area contributed by atoms with Crippen molar-refractivity contribution < 1.29 is 18.3 Å². The number of hydrogen-bond acceptors (Lipinski definition) is 3. The molecule has 1 unspecified atom stereocenters. The molecule has 1 aliphatic rings. The minimum atomic E-state index is -2.46. The lowest BCUT2D eigenvalue weighted by molar-refractivity contribution is -0.151. The number of fused-ring (bicyclic) bond motifs is 1. The molecule has 2 rings (SSSR count). The van der Waals surface area contributed by atoms with Gasteiger partial charge >= 0.3 is 5.97 Å². The van der Waals surface area contributed by atoms with Crippen LogP contribution in [-0.2, 0) is 16.0 Å². The third kappa shape index (κ3) is 3.10. The van der Waals surface area contributed by atoms with E-state index in [-0.39, 0.29) is 6.61 Å². The van der Waals surface area contributed by atoms with E-state index in [9.17, 15) is 13.6 Å². The second-order valence-electron chi connectivity index (χ2n) is 4.49. The zero-order chi connectivity index (χ0) is 13.8. The van der Waals surface area contributed by atoms with Crippen molar-refractivity contribution >= 4 is 5.97 Å². The number of halogens is 2. The fourth-order valence-corrected chi connectivity index (χ4v) is 2.49. The molecule has 0 radical (unpaired) electrons. The van der Waals surface area contributed by atoms with Crippen molar-refractivity contribution in [2.75, 3.05) is 19.7 Å². The number of rotatable bonds is 4. The number of nitrogens with zero attached hydrogens (tertiary/aromatic N) is 1. The average Bonchev–Trinajstić information content (AvgIpc) is 2.38. The van der Waals surface area contributed by atoms with Crippen LogP contribution in [0.25, 0.3) is 0 Å². The standard InChI is InChI=1S/C14H17F2NO2/c1-2-19-14(18)13-11-6-4-3-5-10(11)7-8-17(13)9-12(15)16/h3-6,12-13H,2,7-9H2,1H3. The van der Waals surface area contributed by atoms with E-state index in [0.717, 1.165) is 11.1 Å². The van der Waals surface area contributed by atoms with Crippen molar-refractivity contribution in [3.63, 3.8) is 0 Å². The monoisotopic (exact) mass is 269 g/mol. The van der Waals surface area contributed by atoms with Gasteiger partial charge < -0.3 is 4.74 Å². The van der Waals surface area contributed by atoms with Crippen LogP contribution in [0.4, 0.5) is 8.78 Å². The van der Waals surface area contributed by atoms with E-state index in [1.807, 2.05) is 24.3 Å². The Labute approximate surface area is 111 Å². The SMILES string of the molecule is CCOC(=O)C1c2ccccc2CCN1CC(F)F. The molecule has 104 valence electrons. The number of alkyl halides is 2. The van der Waals surface area contributed by atoms with Gasteiger partial charge in [-0.1, -0.05) is 24.3 Å². The molecule has 0 N–H and O–H groups in total. The molecule has 1 aromatic rings. The van der Waals surface area contributed by atoms with Crippen LogP contribution in [0.5, 0.6) is 0 Å². The summed E-state index contributed by atoms with van der Waals surface area (Å²) in [6.07, 6.45) is -1.78. The van der Waals surface area contributed by atoms with Crippen LogP contribution in [0.15, 0.2) is 24.3 Å². The minimum Gasteiger partial charge on any atom is -0.465 e. The first-order valence-electron chi connectivity index (χ1n) is 6.40. The van der Waals surface area contributed by atoms with Crippen molar-refractivity contribution in [3.8, 4) is 0 Å². The Morgan fingerprint density at radius 3 is 2.89 bits per heavy atom. The molecule has 0 aromatic heterocycles. The van der Waals surface area contributed by atoms with Crippen LogP contribution in [-0.4, -0.2) is 37.0 Å². The molecule has 0 saturated heterocycles. The molecule has 1 aliphatic heterocycles. The Kier molecular flexibility index (Phi) is 4.47. The van der Waals surface area contributed by atoms with Crippen LogP contribution in [0.1, 0.15) is 24.1 Å². The Morgan fingerprint density at radius 2 is 2.21 bits per heavy atom. The molecule has 0 fully saturated rings. The van der Waals surface area contributed by atoms with Crippen LogP contribution in [0.3, 0.4) is 0 Å². The highest BCUT2D eigenvalue weighted by atomic mass is 19.3. The van der Waals surface area contributed by atoms with E-state index in [0.29, 0.717) is 13.0 Å². The molecular weight excluding hydrogens is 252 g/mol. The number of benzene rings is 1. The van der Waals surface area contributed by atoms with E-state index in [2.05, 4.69) is 0 Å². The summed E-state index contributed by atoms with van der Waals surface area (Å²) in [6, 6.07) is 6.75. The third-order valence-electron chi connectivity index (χ3n) is 3.27. The fraction of sp³-hybridized carbons (Fsp3) is 0.500. The van der Waals surface area contributed by atoms with E-state index >= 15 is 0 Å². The van der Waals surface area contributed by atoms with Crippen molar-refractivity contribution in [1.29, 1.82) is 0 Å². The topological polar surface area (TPSA) is 29.5 Å². The van der Waals surface area contributed by atoms with Crippen molar-refractivity contribution in [2.45, 2.75) is 25.8 Å². The van der Waals surface area contributed by atoms with Crippen LogP contribution in [0.2, 0.25) is 0 Å². The summed E-state index contributed by atoms with van der Waals surface area (Å²) < 4.78 is 30.3. The molecule has 0 amide bonds. The molecule has 0 spiro atoms. The molecule has 0 saturated carbocycles. The summed E-state index contributed by atoms with van der Waals surface area (Å²) in [5.74, 6) is -0.449. The maximum atomic E-state index is 12.6. The molecule has 5 heteroatoms. The zero-order valence-corrected chi connectivity index (χ0v) is 10.8. The van der Waals surface area contributed by atoms with Gasteiger partial charge in [-0.25, -0.2) is 13.6 Å². The number of esters is 1. The van der Waals surface area contributed by atoms with Gasteiger partial charge in [0.2, 0.25) is 0 Å². The molecule has 0 aliphatic carbocycles. The third-order valence-corrected chi connectivity index (χ3v) is 3.27. The number of carbonyl (C=O) groups excluding carboxylic acids is 1. The lowest BCUT2D eigenvalue weighted by atomic mass is 9.92. The lowest BCUT2D eigenvalue weighted by Gasteiger charge is -2.35. The summed E-state index contributed by atoms with van der Waals surface area (Å²) in [6.45, 7) is 2.01. The van der Waals surface area contributed by atoms with E-state index in [4.69, 9.17) is 4.74 Å². The van der Waals surface area contributed by atoms with E-state index < -0.39 is 25.0 Å². The largest absolute Gasteiger partial charge is 0.465 e. The second-order valence-corrected chi connectivity index (χ2v) is 4.49. The molecule has 0 bridgehead atoms. The van der Waals surface area contributed by atoms with Gasteiger partial charge in [0, 0.05) is 6.54 Å². The van der Waals surface area contributed by atoms with Gasteiger partial charge in [0.25, 0.3) is 6.43 Å². The highest BCUT2D eigenvalue weighted by Gasteiger charge is 2.35. The predicted molar refractivity (Wildman–Crippen MR) is 67.1 cm³/mol. The van der Waals surface area contributed by atoms with E-state index in [1.165, 1.54) is 4.90 Å². The quantitative estimate of drug-likeness (QED) is 0.786. The van der Waals surface area contributed by atoms with Crippen LogP contribution >= 0.6 is 0 Å². The van der Waals surface area contributed by atoms with Gasteiger partial charge in [-0.2, -0.15) is 0 Å². The maximum absolute atomic E-state index is 12.6. The van der Waals surface area contributed by atoms with Crippen molar-refractivity contribution in [1.82, 2.24) is 4.90 Å². The fourth-order valence-electron chi connectivity index (χ4n) is 2.49. The predicted octanol–water partition coefficient (Wildman–Crippen LogP) is 2.41. The zero-order valence-electron chi connectivity index (χ0n) is 10.8. The van der Waals surface area contributed by atoms with Crippen LogP contribution < -0.4 is 0 Å². The first-order chi connectivity index (χ1) is 9.13. The highest BCUT2D eigenvalue weighted by Crippen LogP contribution is 2.31. The van der Waals surface area contributed by atoms with Gasteiger partial charge in [-0.05, 0) is 24.5 Å². The Balaban J connectivity index is 2.30. The van der Waals surface area contributed by atoms with Gasteiger partial charge in [0.15, 0.2) is 0 Å². The molecule has 19 heavy (non-hydrogen) atoms. The average molecular weight is 269 g/mol. The first-order valence-corrected chi connectivity index (χ1v) is 6.40. The normalized spacial score (nSPS) is 19.3. The summed E-state index contributed by atoms with van der Waals surface area (Å²) >= 11 is 0. The molecule has 1 atom stereocenters. The van der Waals surface area contributed by atoms with Gasteiger partial charge in [0.1, 0.15) is 6.04 Å². The number of ether oxygens (including phenoxy) is 1. The van der Waals surface area contributed by atoms with Gasteiger partial charge in [0.05, 0.1) is 13.2 Å². The number of carbonyl (C=O) groups is 1. The molecule has 1 aromatic carbocycles. The van der Waals surface area contributed by atoms with Crippen LogP contribution in [0, 0.1) is 0 Å². The molecular formula is C14H17F2NO2. The Bertz CT molecular complexity index is 451. The van der Waals surface area contributed by atoms with Crippen molar-refractivity contribution in [3.05, 3.63) is 35.4 Å². The highest BCUT2D eigenvalue weighted by molar-refractivity contribution is 5.78. The van der Waals surface area contributed by atoms with Gasteiger partial charge in [-0.3, -0.25) is 4.90 Å². The first kappa shape index (κ1) is 13.9. The van der Waals surface area contributed by atoms with Gasteiger partial charge in [-0.15, -0.1) is 0 Å². The summed E-state index contributed by atoms with van der Waals surface area (Å²) in [5, 5.41) is 0. The number of hydrogen-bond donors (Lipinski definition) is 0. The smallest absolute Gasteiger partial charge is 0.328 e. The molecule has 3 nitrogen and oxygen atoms in total. The van der Waals surface area contributed by atoms with Crippen molar-refractivity contribution in [2.24, 2.45) is 0 Å². The Hall–Kier alpha value is -1.49. The summed E-state index contributed by atoms with van der Waals surface area (Å²) in [7, 11) is 0. The maximum Gasteiger partial charge on any atom is 0.328 e. The lowest BCUT2D eigenvalue weighted by Crippen LogP contribution is -2.42. The van der Waals surface area contributed by atoms with E-state index in [1.54, 1.807) is 6.92 Å². The Morgan fingerprint density at radius 1 is 1.47 bits per heavy atom.